The number of aliphatic hydroxyl groups is 1. The van der Waals surface area contributed by atoms with Gasteiger partial charge in [-0.3, -0.25) is 13.9 Å². The fraction of sp³-hybridized carbons (Fsp3) is 0.348. The average molecular weight is 422 g/mol. The van der Waals surface area contributed by atoms with E-state index in [4.69, 9.17) is 14.8 Å². The molecule has 8 nitrogen and oxygen atoms in total. The van der Waals surface area contributed by atoms with Crippen molar-refractivity contribution in [1.82, 2.24) is 18.7 Å². The van der Waals surface area contributed by atoms with Crippen LogP contribution in [-0.4, -0.2) is 43.0 Å². The number of rotatable bonds is 9. The maximum atomic E-state index is 13.3. The molecule has 0 saturated carbocycles. The number of benzene rings is 2. The minimum atomic E-state index is -0.441. The van der Waals surface area contributed by atoms with Crippen LogP contribution in [0.2, 0.25) is 0 Å². The van der Waals surface area contributed by atoms with Crippen molar-refractivity contribution in [2.45, 2.75) is 39.4 Å². The molecule has 4 rings (SSSR count). The van der Waals surface area contributed by atoms with E-state index < -0.39 is 5.97 Å². The van der Waals surface area contributed by atoms with Gasteiger partial charge in [-0.2, -0.15) is 0 Å². The third kappa shape index (κ3) is 4.11. The molecule has 0 spiro atoms. The summed E-state index contributed by atoms with van der Waals surface area (Å²) in [6.07, 6.45) is 1.51. The number of aryl methyl sites for hydroxylation is 1. The van der Waals surface area contributed by atoms with Crippen molar-refractivity contribution in [3.63, 3.8) is 0 Å². The summed E-state index contributed by atoms with van der Waals surface area (Å²) < 4.78 is 10.3. The first kappa shape index (κ1) is 20.9. The molecule has 1 N–H and O–H groups in total. The van der Waals surface area contributed by atoms with Crippen molar-refractivity contribution in [3.05, 3.63) is 64.8 Å². The Morgan fingerprint density at radius 3 is 2.35 bits per heavy atom. The highest BCUT2D eigenvalue weighted by Crippen LogP contribution is 2.20. The highest BCUT2D eigenvalue weighted by atomic mass is 16.5. The van der Waals surface area contributed by atoms with Gasteiger partial charge in [-0.15, -0.1) is 0 Å². The Morgan fingerprint density at radius 2 is 1.65 bits per heavy atom. The number of fused-ring (bicyclic) bond motifs is 2. The molecule has 4 aromatic rings. The normalized spacial score (nSPS) is 11.4. The zero-order chi connectivity index (χ0) is 21.8. The molecule has 162 valence electrons. The number of carbonyl (C=O) groups excluding carboxylic acids is 1. The van der Waals surface area contributed by atoms with Crippen LogP contribution in [0.1, 0.15) is 25.6 Å². The average Bonchev–Trinajstić information content (AvgIpc) is 3.25. The number of unbranched alkanes of at least 4 members (excludes halogenated alkanes) is 1. The van der Waals surface area contributed by atoms with Gasteiger partial charge < -0.3 is 14.4 Å². The summed E-state index contributed by atoms with van der Waals surface area (Å²) in [5.74, 6) is 0.323. The first-order valence-corrected chi connectivity index (χ1v) is 10.5. The lowest BCUT2D eigenvalue weighted by Gasteiger charge is -2.09. The van der Waals surface area contributed by atoms with E-state index >= 15 is 0 Å². The molecule has 0 aliphatic carbocycles. The van der Waals surface area contributed by atoms with Gasteiger partial charge in [0.25, 0.3) is 0 Å². The quantitative estimate of drug-likeness (QED) is 0.331. The van der Waals surface area contributed by atoms with Crippen LogP contribution in [0.25, 0.3) is 22.1 Å². The van der Waals surface area contributed by atoms with E-state index in [-0.39, 0.29) is 32.0 Å². The summed E-state index contributed by atoms with van der Waals surface area (Å²) in [5.41, 5.74) is 3.01. The number of hydrogen-bond acceptors (Lipinski definition) is 5. The molecule has 2 heterocycles. The fourth-order valence-electron chi connectivity index (χ4n) is 3.93. The van der Waals surface area contributed by atoms with Crippen LogP contribution < -0.4 is 5.69 Å². The number of aliphatic hydroxyl groups excluding tert-OH is 1. The second-order valence-electron chi connectivity index (χ2n) is 7.35. The van der Waals surface area contributed by atoms with E-state index in [1.165, 1.54) is 4.57 Å². The van der Waals surface area contributed by atoms with Crippen molar-refractivity contribution < 1.29 is 14.6 Å². The molecule has 0 aliphatic heterocycles. The van der Waals surface area contributed by atoms with Gasteiger partial charge in [0.1, 0.15) is 12.4 Å². The van der Waals surface area contributed by atoms with E-state index in [9.17, 15) is 9.59 Å². The summed E-state index contributed by atoms with van der Waals surface area (Å²) in [6, 6.07) is 15.3. The Balaban J connectivity index is 1.78. The zero-order valence-corrected chi connectivity index (χ0v) is 17.5. The van der Waals surface area contributed by atoms with E-state index in [1.54, 1.807) is 11.5 Å². The van der Waals surface area contributed by atoms with Gasteiger partial charge in [0.05, 0.1) is 35.2 Å². The van der Waals surface area contributed by atoms with Gasteiger partial charge >= 0.3 is 11.7 Å². The van der Waals surface area contributed by atoms with Crippen LogP contribution in [0.4, 0.5) is 0 Å². The summed E-state index contributed by atoms with van der Waals surface area (Å²) in [7, 11) is 0. The largest absolute Gasteiger partial charge is 0.465 e. The molecule has 31 heavy (non-hydrogen) atoms. The number of ether oxygens (including phenoxy) is 1. The van der Waals surface area contributed by atoms with Crippen LogP contribution in [-0.2, 0) is 29.2 Å². The molecule has 0 radical (unpaired) electrons. The Bertz CT molecular complexity index is 1270. The summed E-state index contributed by atoms with van der Waals surface area (Å²) in [6.45, 7) is 3.00. The van der Waals surface area contributed by atoms with Gasteiger partial charge in [0.15, 0.2) is 0 Å². The van der Waals surface area contributed by atoms with Crippen molar-refractivity contribution in [2.75, 3.05) is 13.2 Å². The Hall–Kier alpha value is -3.39. The SMILES string of the molecule is CCOC(=O)Cn1c(=O)n(Cc2nc3ccccc3n2CCCCO)c2ccccc21. The second-order valence-corrected chi connectivity index (χ2v) is 7.35. The molecule has 0 aliphatic rings. The highest BCUT2D eigenvalue weighted by molar-refractivity contribution is 5.79. The molecule has 0 bridgehead atoms. The van der Waals surface area contributed by atoms with Gasteiger partial charge in [-0.25, -0.2) is 9.78 Å². The molecule has 0 atom stereocenters. The Kier molecular flexibility index (Phi) is 6.18. The summed E-state index contributed by atoms with van der Waals surface area (Å²) in [5, 5.41) is 9.17. The van der Waals surface area contributed by atoms with Crippen LogP contribution in [0, 0.1) is 0 Å². The summed E-state index contributed by atoms with van der Waals surface area (Å²) >= 11 is 0. The van der Waals surface area contributed by atoms with Crippen LogP contribution >= 0.6 is 0 Å². The monoisotopic (exact) mass is 422 g/mol. The number of aromatic nitrogens is 4. The van der Waals surface area contributed by atoms with E-state index in [0.717, 1.165) is 28.8 Å². The Labute approximate surface area is 179 Å². The third-order valence-corrected chi connectivity index (χ3v) is 5.34. The molecule has 2 aromatic heterocycles. The van der Waals surface area contributed by atoms with Gasteiger partial charge in [0, 0.05) is 13.2 Å². The number of hydrogen-bond donors (Lipinski definition) is 1. The van der Waals surface area contributed by atoms with E-state index in [0.29, 0.717) is 18.5 Å². The standard InChI is InChI=1S/C23H26N4O4/c1-2-31-22(29)16-27-20-12-6-5-11-19(20)26(23(27)30)15-21-24-17-9-3-4-10-18(17)25(21)13-7-8-14-28/h3-6,9-12,28H,2,7-8,13-16H2,1H3. The molecular weight excluding hydrogens is 396 g/mol. The molecule has 2 aromatic carbocycles. The van der Waals surface area contributed by atoms with Gasteiger partial charge in [-0.05, 0) is 44.0 Å². The minimum absolute atomic E-state index is 0.132. The van der Waals surface area contributed by atoms with Crippen molar-refractivity contribution in [3.8, 4) is 0 Å². The van der Waals surface area contributed by atoms with E-state index in [2.05, 4.69) is 4.57 Å². The topological polar surface area (TPSA) is 91.3 Å². The smallest absolute Gasteiger partial charge is 0.330 e. The lowest BCUT2D eigenvalue weighted by molar-refractivity contribution is -0.143. The second kappa shape index (κ2) is 9.18. The number of esters is 1. The van der Waals surface area contributed by atoms with E-state index in [1.807, 2.05) is 48.5 Å². The van der Waals surface area contributed by atoms with Crippen molar-refractivity contribution in [1.29, 1.82) is 0 Å². The number of para-hydroxylation sites is 4. The Morgan fingerprint density at radius 1 is 0.968 bits per heavy atom. The lowest BCUT2D eigenvalue weighted by atomic mass is 10.3. The number of nitrogens with zero attached hydrogens (tertiary/aromatic N) is 4. The van der Waals surface area contributed by atoms with Crippen molar-refractivity contribution >= 4 is 28.0 Å². The first-order valence-electron chi connectivity index (χ1n) is 10.5. The van der Waals surface area contributed by atoms with Gasteiger partial charge in [-0.1, -0.05) is 24.3 Å². The highest BCUT2D eigenvalue weighted by Gasteiger charge is 2.18. The van der Waals surface area contributed by atoms with Crippen LogP contribution in [0.5, 0.6) is 0 Å². The lowest BCUT2D eigenvalue weighted by Crippen LogP contribution is -2.28. The molecule has 0 saturated heterocycles. The molecule has 0 fully saturated rings. The predicted molar refractivity (Wildman–Crippen MR) is 118 cm³/mol. The van der Waals surface area contributed by atoms with Crippen LogP contribution in [0.15, 0.2) is 53.3 Å². The van der Waals surface area contributed by atoms with Crippen molar-refractivity contribution in [2.24, 2.45) is 0 Å². The maximum Gasteiger partial charge on any atom is 0.330 e. The molecule has 0 unspecified atom stereocenters. The number of carbonyl (C=O) groups is 1. The predicted octanol–water partition coefficient (Wildman–Crippen LogP) is 2.54. The molecular formula is C23H26N4O4. The summed E-state index contributed by atoms with van der Waals surface area (Å²) in [4.78, 5) is 30.1. The van der Waals surface area contributed by atoms with Crippen LogP contribution in [0.3, 0.4) is 0 Å². The first-order chi connectivity index (χ1) is 15.1. The van der Waals surface area contributed by atoms with Gasteiger partial charge in [0.2, 0.25) is 0 Å². The third-order valence-electron chi connectivity index (χ3n) is 5.34. The maximum absolute atomic E-state index is 13.3. The minimum Gasteiger partial charge on any atom is -0.465 e. The molecule has 0 amide bonds. The number of imidazole rings is 2. The molecule has 8 heteroatoms. The zero-order valence-electron chi connectivity index (χ0n) is 17.5. The fourth-order valence-corrected chi connectivity index (χ4v) is 3.93.